The second-order valence-corrected chi connectivity index (χ2v) is 34.3. The van der Waals surface area contributed by atoms with Crippen LogP contribution in [0.2, 0.25) is 0 Å². The molecule has 7 aromatic rings. The zero-order valence-corrected chi connectivity index (χ0v) is 55.4. The van der Waals surface area contributed by atoms with Gasteiger partial charge in [0.1, 0.15) is 5.76 Å². The van der Waals surface area contributed by atoms with E-state index in [1.54, 1.807) is 0 Å². The third kappa shape index (κ3) is 8.39. The Morgan fingerprint density at radius 2 is 0.776 bits per heavy atom. The number of anilines is 9. The predicted octanol–water partition coefficient (Wildman–Crippen LogP) is 20.6. The summed E-state index contributed by atoms with van der Waals surface area (Å²) in [6.45, 7) is 47.8. The Balaban J connectivity index is 1.19. The van der Waals surface area contributed by atoms with Crippen molar-refractivity contribution in [3.8, 4) is 0 Å². The summed E-state index contributed by atoms with van der Waals surface area (Å²) in [7, 11) is 0. The molecule has 3 heterocycles. The number of rotatable bonds is 5. The molecule has 4 nitrogen and oxygen atoms in total. The summed E-state index contributed by atoms with van der Waals surface area (Å²) in [4.78, 5) is 7.21. The van der Waals surface area contributed by atoms with Crippen molar-refractivity contribution in [1.29, 1.82) is 0 Å². The molecular formula is C80H98BN3O. The van der Waals surface area contributed by atoms with Crippen molar-refractivity contribution in [1.82, 2.24) is 0 Å². The molecule has 1 aromatic heterocycles. The molecule has 0 spiro atoms. The number of benzene rings is 6. The van der Waals surface area contributed by atoms with Gasteiger partial charge in [0.25, 0.3) is 6.71 Å². The second kappa shape index (κ2) is 17.9. The summed E-state index contributed by atoms with van der Waals surface area (Å²) in [6, 6.07) is 29.6. The molecule has 0 N–H and O–H groups in total. The van der Waals surface area contributed by atoms with Gasteiger partial charge in [0.2, 0.25) is 0 Å². The molecule has 85 heavy (non-hydrogen) atoms. The van der Waals surface area contributed by atoms with Crippen LogP contribution in [0.25, 0.3) is 0 Å². The van der Waals surface area contributed by atoms with Crippen LogP contribution >= 0.6 is 0 Å². The number of hydrogen-bond donors (Lipinski definition) is 0. The fourth-order valence-corrected chi connectivity index (χ4v) is 17.4. The van der Waals surface area contributed by atoms with Crippen LogP contribution < -0.4 is 31.3 Å². The topological polar surface area (TPSA) is 22.9 Å². The van der Waals surface area contributed by atoms with Crippen LogP contribution in [0.4, 0.5) is 51.2 Å². The molecule has 0 saturated heterocycles. The lowest BCUT2D eigenvalue weighted by Crippen LogP contribution is -2.61. The van der Waals surface area contributed by atoms with Gasteiger partial charge in [-0.25, -0.2) is 0 Å². The zero-order valence-electron chi connectivity index (χ0n) is 60.4. The third-order valence-electron chi connectivity index (χ3n) is 23.8. The van der Waals surface area contributed by atoms with Crippen LogP contribution in [0.15, 0.2) is 113 Å². The highest BCUT2D eigenvalue weighted by atomic mass is 16.3. The molecule has 442 valence electrons. The molecule has 0 bridgehead atoms. The minimum Gasteiger partial charge on any atom is -0.472 e. The molecule has 0 radical (unpaired) electrons. The van der Waals surface area contributed by atoms with Crippen molar-refractivity contribution in [3.05, 3.63) is 165 Å². The first-order chi connectivity index (χ1) is 41.6. The Kier molecular flexibility index (Phi) is 10.8. The highest BCUT2D eigenvalue weighted by molar-refractivity contribution is 6.99. The van der Waals surface area contributed by atoms with Crippen LogP contribution in [-0.4, -0.2) is 6.71 Å². The summed E-state index contributed by atoms with van der Waals surface area (Å²) in [5.74, 6) is 1.06. The Morgan fingerprint density at radius 1 is 0.376 bits per heavy atom. The average Bonchev–Trinajstić information content (AvgIpc) is 1.32. The monoisotopic (exact) mass is 1130 g/mol. The highest BCUT2D eigenvalue weighted by Crippen LogP contribution is 2.59. The maximum atomic E-state index is 10.1. The van der Waals surface area contributed by atoms with Gasteiger partial charge >= 0.3 is 0 Å². The summed E-state index contributed by atoms with van der Waals surface area (Å²) >= 11 is 0. The van der Waals surface area contributed by atoms with Gasteiger partial charge in [-0.1, -0.05) is 181 Å². The number of fused-ring (bicyclic) bond motifs is 10. The fourth-order valence-electron chi connectivity index (χ4n) is 17.4. The van der Waals surface area contributed by atoms with Crippen molar-refractivity contribution >= 4 is 74.5 Å². The van der Waals surface area contributed by atoms with Gasteiger partial charge < -0.3 is 19.1 Å². The summed E-state index contributed by atoms with van der Waals surface area (Å²) < 4.78 is 56.0. The number of hydrogen-bond acceptors (Lipinski definition) is 4. The first-order valence-electron chi connectivity index (χ1n) is 35.1. The van der Waals surface area contributed by atoms with Crippen LogP contribution in [0.5, 0.6) is 0 Å². The van der Waals surface area contributed by atoms with E-state index in [0.29, 0.717) is 5.69 Å². The SMILES string of the molecule is [2H]c1c([2H])c([2H])c(N(c2cc3c4c(c2)N(c2ccc5c(c2)C(C)(C)CCC5(C)C)c2c(oc5c2C(C)(C)CCC5(C)C)B4c2cc4c(cc2N3c2ccc3c(c2)C(C)(C)CCC3(C)C)C(C)(C)CCC4(C)C)c2ccc3c(c2)C(C)(C)CCC3(C)C)c([2H])c1[2H]. The van der Waals surface area contributed by atoms with Crippen LogP contribution in [0.1, 0.15) is 265 Å². The predicted molar refractivity (Wildman–Crippen MR) is 364 cm³/mol. The molecule has 0 fully saturated rings. The quantitative estimate of drug-likeness (QED) is 0.160. The van der Waals surface area contributed by atoms with Gasteiger partial charge in [0.05, 0.1) is 23.9 Å². The molecule has 5 heteroatoms. The summed E-state index contributed by atoms with van der Waals surface area (Å²) in [5, 5.41) is 0. The molecule has 6 aromatic carbocycles. The standard InChI is InChI=1S/C80H98BN3O/c1-71(2)32-35-74(7,8)57-42-50(26-29-54(57)71)82(49-24-22-21-23-25-49)53-45-64-67-65(46-53)84(52-28-31-56-59(44-52)76(11,12)37-34-73(56,5)6)68-66-69(80(19,20)41-40-79(66,17)18)85-70(68)81(67)62-47-60-61(78(15,16)39-38-77(60,13)14)48-63(62)83(64)51-27-30-55-58(43-51)75(9,10)36-33-72(55,3)4/h21-31,42-48H,32-41H2,1-20H3/i21D,22D,23D,24D,25D. The first-order valence-corrected chi connectivity index (χ1v) is 32.6. The van der Waals surface area contributed by atoms with Crippen LogP contribution in [0, 0.1) is 0 Å². The Bertz CT molecular complexity index is 4230. The second-order valence-electron chi connectivity index (χ2n) is 34.3. The van der Waals surface area contributed by atoms with Crippen molar-refractivity contribution in [3.63, 3.8) is 0 Å². The van der Waals surface area contributed by atoms with Crippen molar-refractivity contribution < 1.29 is 11.3 Å². The van der Waals surface area contributed by atoms with Gasteiger partial charge in [-0.3, -0.25) is 0 Å². The highest BCUT2D eigenvalue weighted by Gasteiger charge is 2.54. The largest absolute Gasteiger partial charge is 0.472 e. The average molecular weight is 1130 g/mol. The minimum absolute atomic E-state index is 0.0132. The van der Waals surface area contributed by atoms with E-state index in [1.807, 2.05) is 4.90 Å². The van der Waals surface area contributed by atoms with Gasteiger partial charge in [-0.05, 0) is 235 Å². The minimum atomic E-state index is -0.409. The molecule has 7 aliphatic rings. The zero-order chi connectivity index (χ0) is 64.9. The van der Waals surface area contributed by atoms with Crippen molar-refractivity contribution in [2.24, 2.45) is 0 Å². The van der Waals surface area contributed by atoms with E-state index in [0.717, 1.165) is 121 Å². The van der Waals surface area contributed by atoms with E-state index in [2.05, 4.69) is 227 Å². The fraction of sp³-hybridized carbons (Fsp3) is 0.500. The van der Waals surface area contributed by atoms with E-state index >= 15 is 0 Å². The van der Waals surface area contributed by atoms with E-state index in [4.69, 9.17) is 5.79 Å². The molecule has 0 saturated carbocycles. The number of para-hydroxylation sites is 1. The smallest absolute Gasteiger partial charge is 0.297 e. The van der Waals surface area contributed by atoms with E-state index in [-0.39, 0.29) is 90.7 Å². The maximum Gasteiger partial charge on any atom is 0.297 e. The van der Waals surface area contributed by atoms with Crippen molar-refractivity contribution in [2.75, 3.05) is 14.7 Å². The first kappa shape index (κ1) is 51.1. The van der Waals surface area contributed by atoms with E-state index in [1.165, 1.54) is 55.5 Å². The lowest BCUT2D eigenvalue weighted by Gasteiger charge is -2.48. The Morgan fingerprint density at radius 3 is 1.28 bits per heavy atom. The maximum absolute atomic E-state index is 10.1. The third-order valence-corrected chi connectivity index (χ3v) is 23.8. The van der Waals surface area contributed by atoms with Crippen molar-refractivity contribution in [2.45, 2.75) is 257 Å². The van der Waals surface area contributed by atoms with Gasteiger partial charge in [0, 0.05) is 50.8 Å². The van der Waals surface area contributed by atoms with E-state index < -0.39 is 6.04 Å². The van der Waals surface area contributed by atoms with Crippen LogP contribution in [0.3, 0.4) is 0 Å². The lowest BCUT2D eigenvalue weighted by atomic mass is 9.35. The summed E-state index contributed by atoms with van der Waals surface area (Å²) in [5.41, 5.74) is 22.1. The molecule has 5 aliphatic carbocycles. The molecular weight excluding hydrogens is 1030 g/mol. The molecule has 2 aliphatic heterocycles. The Labute approximate surface area is 519 Å². The molecule has 0 amide bonds. The van der Waals surface area contributed by atoms with Gasteiger partial charge in [0.15, 0.2) is 0 Å². The van der Waals surface area contributed by atoms with Crippen LogP contribution in [-0.2, 0) is 54.1 Å². The van der Waals surface area contributed by atoms with Gasteiger partial charge in [-0.2, -0.15) is 0 Å². The Hall–Kier alpha value is -5.94. The molecule has 14 rings (SSSR count). The lowest BCUT2D eigenvalue weighted by molar-refractivity contribution is 0.282. The summed E-state index contributed by atoms with van der Waals surface area (Å²) in [6.07, 6.45) is 10.5. The van der Waals surface area contributed by atoms with E-state index in [9.17, 15) is 5.48 Å². The van der Waals surface area contributed by atoms with Gasteiger partial charge in [-0.15, -0.1) is 0 Å². The normalized spacial score (nSPS) is 23.6. The molecule has 0 unspecified atom stereocenters. The number of furan rings is 1. The number of nitrogens with zero attached hydrogens (tertiary/aromatic N) is 3. The molecule has 0 atom stereocenters.